The quantitative estimate of drug-likeness (QED) is 0.852. The van der Waals surface area contributed by atoms with Crippen molar-refractivity contribution in [2.75, 3.05) is 5.32 Å². The molecule has 25 heavy (non-hydrogen) atoms. The van der Waals surface area contributed by atoms with Crippen molar-refractivity contribution in [3.05, 3.63) is 64.7 Å². The summed E-state index contributed by atoms with van der Waals surface area (Å²) >= 11 is 5.89. The van der Waals surface area contributed by atoms with Crippen LogP contribution in [0.1, 0.15) is 17.4 Å². The molecule has 1 spiro atoms. The molecule has 1 N–H and O–H groups in total. The number of nitrogens with zero attached hydrogens (tertiary/aromatic N) is 2. The van der Waals surface area contributed by atoms with Crippen molar-refractivity contribution >= 4 is 23.2 Å². The lowest BCUT2D eigenvalue weighted by molar-refractivity contribution is -0.143. The van der Waals surface area contributed by atoms with E-state index in [1.165, 1.54) is 0 Å². The molecule has 0 bridgehead atoms. The third-order valence-electron chi connectivity index (χ3n) is 4.39. The topological polar surface area (TPSA) is 95.1 Å². The molecule has 0 aromatic heterocycles. The third-order valence-corrected chi connectivity index (χ3v) is 4.65. The van der Waals surface area contributed by atoms with E-state index >= 15 is 0 Å². The maximum Gasteiger partial charge on any atom is 0.286 e. The van der Waals surface area contributed by atoms with Crippen molar-refractivity contribution in [1.82, 2.24) is 0 Å². The Kier molecular flexibility index (Phi) is 3.31. The molecule has 2 aliphatic heterocycles. The summed E-state index contributed by atoms with van der Waals surface area (Å²) in [7, 11) is 0. The van der Waals surface area contributed by atoms with Gasteiger partial charge >= 0.3 is 0 Å². The summed E-state index contributed by atoms with van der Waals surface area (Å²) in [5, 5.41) is 22.6. The molecule has 2 aliphatic rings. The largest absolute Gasteiger partial charge is 0.323 e. The highest BCUT2D eigenvalue weighted by Crippen LogP contribution is 2.55. The molecule has 4 rings (SSSR count). The normalized spacial score (nSPS) is 25.9. The summed E-state index contributed by atoms with van der Waals surface area (Å²) in [5.41, 5.74) is -2.54. The number of carbonyl (C=O) groups is 1. The lowest BCUT2D eigenvalue weighted by Gasteiger charge is -2.27. The summed E-state index contributed by atoms with van der Waals surface area (Å²) in [6.45, 7) is 0. The molecule has 7 heteroatoms. The standard InChI is InChI=1S/C18H10ClN3O3/c19-12-7-5-11(6-8-12)15-24-17(9-20,10-21)18(25-15)13-3-1-2-4-14(13)22-16(18)23/h1-8,15H,(H,22,23)/t15-,18-/m0/s1. The summed E-state index contributed by atoms with van der Waals surface area (Å²) < 4.78 is 11.6. The molecule has 2 aromatic rings. The predicted molar refractivity (Wildman–Crippen MR) is 87.1 cm³/mol. The Labute approximate surface area is 148 Å². The number of nitrogens with one attached hydrogen (secondary N) is 1. The Morgan fingerprint density at radius 2 is 1.72 bits per heavy atom. The monoisotopic (exact) mass is 351 g/mol. The number of ether oxygens (including phenoxy) is 2. The fourth-order valence-corrected chi connectivity index (χ4v) is 3.33. The molecule has 2 aromatic carbocycles. The van der Waals surface area contributed by atoms with E-state index in [-0.39, 0.29) is 0 Å². The van der Waals surface area contributed by atoms with E-state index in [4.69, 9.17) is 21.1 Å². The van der Waals surface area contributed by atoms with E-state index < -0.39 is 23.4 Å². The fourth-order valence-electron chi connectivity index (χ4n) is 3.20. The fraction of sp³-hybridized carbons (Fsp3) is 0.167. The van der Waals surface area contributed by atoms with E-state index in [0.717, 1.165) is 0 Å². The summed E-state index contributed by atoms with van der Waals surface area (Å²) in [5.74, 6) is -0.603. The molecule has 122 valence electrons. The number of hydrogen-bond acceptors (Lipinski definition) is 5. The lowest BCUT2D eigenvalue weighted by atomic mass is 9.80. The van der Waals surface area contributed by atoms with Crippen LogP contribution in [-0.4, -0.2) is 11.5 Å². The second-order valence-electron chi connectivity index (χ2n) is 5.70. The first-order valence-electron chi connectivity index (χ1n) is 7.41. The highest BCUT2D eigenvalue weighted by Gasteiger charge is 2.71. The van der Waals surface area contributed by atoms with E-state index in [0.29, 0.717) is 21.8 Å². The first-order chi connectivity index (χ1) is 12.1. The van der Waals surface area contributed by atoms with Crippen molar-refractivity contribution in [2.45, 2.75) is 17.5 Å². The Balaban J connectivity index is 1.90. The number of hydrogen-bond donors (Lipinski definition) is 1. The van der Waals surface area contributed by atoms with Crippen LogP contribution in [0.15, 0.2) is 48.5 Å². The molecular weight excluding hydrogens is 342 g/mol. The van der Waals surface area contributed by atoms with Crippen LogP contribution in [0.25, 0.3) is 0 Å². The Hall–Kier alpha value is -2.90. The zero-order valence-corrected chi connectivity index (χ0v) is 13.4. The van der Waals surface area contributed by atoms with Gasteiger partial charge in [-0.1, -0.05) is 41.9 Å². The number of nitriles is 2. The van der Waals surface area contributed by atoms with Crippen LogP contribution in [0.5, 0.6) is 0 Å². The van der Waals surface area contributed by atoms with Gasteiger partial charge in [0.05, 0.1) is 0 Å². The number of para-hydroxylation sites is 1. The van der Waals surface area contributed by atoms with Gasteiger partial charge < -0.3 is 14.8 Å². The van der Waals surface area contributed by atoms with Gasteiger partial charge in [-0.3, -0.25) is 4.79 Å². The zero-order chi connectivity index (χ0) is 17.7. The smallest absolute Gasteiger partial charge is 0.286 e. The molecule has 6 nitrogen and oxygen atoms in total. The number of fused-ring (bicyclic) bond motifs is 2. The molecule has 1 saturated heterocycles. The minimum Gasteiger partial charge on any atom is -0.323 e. The summed E-state index contributed by atoms with van der Waals surface area (Å²) in [6.07, 6.45) is -1.06. The second-order valence-corrected chi connectivity index (χ2v) is 6.14. The van der Waals surface area contributed by atoms with E-state index in [2.05, 4.69) is 5.32 Å². The van der Waals surface area contributed by atoms with Gasteiger partial charge in [0.1, 0.15) is 12.1 Å². The SMILES string of the molecule is N#CC1(C#N)O[C@H](c2ccc(Cl)cc2)O[C@@]12C(=O)Nc1ccccc12. The van der Waals surface area contributed by atoms with Crippen LogP contribution in [0.4, 0.5) is 5.69 Å². The molecular formula is C18H10ClN3O3. The first kappa shape index (κ1) is 15.6. The van der Waals surface area contributed by atoms with Gasteiger partial charge in [0.15, 0.2) is 6.29 Å². The maximum atomic E-state index is 12.8. The van der Waals surface area contributed by atoms with Gasteiger partial charge in [0, 0.05) is 21.8 Å². The van der Waals surface area contributed by atoms with E-state index in [1.807, 2.05) is 12.1 Å². The van der Waals surface area contributed by atoms with Gasteiger partial charge in [-0.2, -0.15) is 10.5 Å². The number of anilines is 1. The maximum absolute atomic E-state index is 12.8. The van der Waals surface area contributed by atoms with Crippen molar-refractivity contribution in [3.63, 3.8) is 0 Å². The molecule has 1 fully saturated rings. The van der Waals surface area contributed by atoms with E-state index in [9.17, 15) is 15.3 Å². The number of amides is 1. The number of halogens is 1. The van der Waals surface area contributed by atoms with Crippen molar-refractivity contribution < 1.29 is 14.3 Å². The van der Waals surface area contributed by atoms with Crippen molar-refractivity contribution in [2.24, 2.45) is 0 Å². The minimum atomic E-state index is -2.12. The minimum absolute atomic E-state index is 0.402. The predicted octanol–water partition coefficient (Wildman–Crippen LogP) is 3.02. The van der Waals surface area contributed by atoms with Gasteiger partial charge in [-0.25, -0.2) is 0 Å². The van der Waals surface area contributed by atoms with Crippen LogP contribution >= 0.6 is 11.6 Å². The Morgan fingerprint density at radius 3 is 2.40 bits per heavy atom. The lowest BCUT2D eigenvalue weighted by Crippen LogP contribution is -2.52. The average molecular weight is 352 g/mol. The molecule has 0 aliphatic carbocycles. The highest BCUT2D eigenvalue weighted by atomic mass is 35.5. The Morgan fingerprint density at radius 1 is 1.04 bits per heavy atom. The highest BCUT2D eigenvalue weighted by molar-refractivity contribution is 6.30. The molecule has 0 unspecified atom stereocenters. The van der Waals surface area contributed by atoms with Crippen molar-refractivity contribution in [1.29, 1.82) is 10.5 Å². The Bertz CT molecular complexity index is 947. The number of benzene rings is 2. The van der Waals surface area contributed by atoms with Crippen LogP contribution in [-0.2, 0) is 19.9 Å². The molecule has 0 saturated carbocycles. The molecule has 1 amide bonds. The van der Waals surface area contributed by atoms with Gasteiger partial charge in [0.2, 0.25) is 5.60 Å². The summed E-state index contributed by atoms with van der Waals surface area (Å²) in [4.78, 5) is 12.8. The van der Waals surface area contributed by atoms with Crippen LogP contribution in [0.3, 0.4) is 0 Å². The van der Waals surface area contributed by atoms with Crippen LogP contribution in [0.2, 0.25) is 5.02 Å². The number of carbonyl (C=O) groups excluding carboxylic acids is 1. The molecule has 2 heterocycles. The van der Waals surface area contributed by atoms with E-state index in [1.54, 1.807) is 48.5 Å². The summed E-state index contributed by atoms with van der Waals surface area (Å²) in [6, 6.07) is 17.1. The third kappa shape index (κ3) is 1.93. The average Bonchev–Trinajstić information content (AvgIpc) is 3.13. The van der Waals surface area contributed by atoms with Crippen LogP contribution < -0.4 is 5.32 Å². The van der Waals surface area contributed by atoms with Gasteiger partial charge in [-0.05, 0) is 18.2 Å². The van der Waals surface area contributed by atoms with Crippen LogP contribution in [0, 0.1) is 22.7 Å². The zero-order valence-electron chi connectivity index (χ0n) is 12.7. The number of rotatable bonds is 1. The molecule has 2 atom stereocenters. The van der Waals surface area contributed by atoms with Crippen molar-refractivity contribution in [3.8, 4) is 12.1 Å². The second kappa shape index (κ2) is 5.30. The first-order valence-corrected chi connectivity index (χ1v) is 7.79. The van der Waals surface area contributed by atoms with Gasteiger partial charge in [0.25, 0.3) is 11.5 Å². The van der Waals surface area contributed by atoms with Gasteiger partial charge in [-0.15, -0.1) is 0 Å². The molecule has 0 radical (unpaired) electrons.